The van der Waals surface area contributed by atoms with Crippen molar-refractivity contribution in [2.45, 2.75) is 6.42 Å². The number of carbonyl (C=O) groups is 1. The van der Waals surface area contributed by atoms with Crippen molar-refractivity contribution in [3.05, 3.63) is 23.5 Å². The Bertz CT molecular complexity index is 416. The van der Waals surface area contributed by atoms with Gasteiger partial charge in [-0.3, -0.25) is 0 Å². The number of rotatable bonds is 2. The van der Waals surface area contributed by atoms with E-state index in [0.29, 0.717) is 5.69 Å². The summed E-state index contributed by atoms with van der Waals surface area (Å²) in [6, 6.07) is 2.36. The second kappa shape index (κ2) is 3.42. The molecule has 3 N–H and O–H groups in total. The zero-order chi connectivity index (χ0) is 11.0. The van der Waals surface area contributed by atoms with Crippen LogP contribution in [0.2, 0.25) is 0 Å². The Labute approximate surface area is 86.1 Å². The van der Waals surface area contributed by atoms with Gasteiger partial charge in [-0.1, -0.05) is 0 Å². The lowest BCUT2D eigenvalue weighted by Gasteiger charge is -2.33. The maximum Gasteiger partial charge on any atom is 0.337 e. The highest BCUT2D eigenvalue weighted by molar-refractivity contribution is 5.95. The van der Waals surface area contributed by atoms with E-state index >= 15 is 0 Å². The molecule has 4 nitrogen and oxygen atoms in total. The largest absolute Gasteiger partial charge is 0.478 e. The fraction of sp³-hybridized carbons (Fsp3) is 0.300. The van der Waals surface area contributed by atoms with Gasteiger partial charge in [-0.2, -0.15) is 0 Å². The molecule has 0 atom stereocenters. The Balaban J connectivity index is 2.45. The van der Waals surface area contributed by atoms with Crippen LogP contribution in [0.1, 0.15) is 16.8 Å². The maximum atomic E-state index is 13.5. The summed E-state index contributed by atoms with van der Waals surface area (Å²) in [6.07, 6.45) is 1.01. The molecule has 1 aliphatic heterocycles. The molecule has 1 aliphatic rings. The second-order valence-corrected chi connectivity index (χ2v) is 3.54. The molecular formula is C10H11FN2O2. The van der Waals surface area contributed by atoms with E-state index in [9.17, 15) is 9.18 Å². The molecule has 5 heteroatoms. The molecule has 1 saturated heterocycles. The lowest BCUT2D eigenvalue weighted by Crippen LogP contribution is -2.37. The standard InChI is InChI=1S/C10H11FN2O2/c11-7-5-8(12)6(10(14)15)4-9(7)13-2-1-3-13/h4-5H,1-3,12H2,(H,14,15). The van der Waals surface area contributed by atoms with Crippen LogP contribution in [0.15, 0.2) is 12.1 Å². The van der Waals surface area contributed by atoms with Crippen LogP contribution in [0.5, 0.6) is 0 Å². The number of benzene rings is 1. The summed E-state index contributed by atoms with van der Waals surface area (Å²) >= 11 is 0. The zero-order valence-electron chi connectivity index (χ0n) is 8.03. The third-order valence-corrected chi connectivity index (χ3v) is 2.55. The molecule has 0 bridgehead atoms. The number of halogens is 1. The molecule has 0 aromatic heterocycles. The number of hydrogen-bond donors (Lipinski definition) is 2. The molecule has 1 heterocycles. The van der Waals surface area contributed by atoms with Crippen molar-refractivity contribution in [3.63, 3.8) is 0 Å². The molecule has 2 rings (SSSR count). The molecule has 0 aliphatic carbocycles. The number of aromatic carboxylic acids is 1. The van der Waals surface area contributed by atoms with Crippen molar-refractivity contribution < 1.29 is 14.3 Å². The van der Waals surface area contributed by atoms with Crippen LogP contribution in [0.4, 0.5) is 15.8 Å². The maximum absolute atomic E-state index is 13.5. The van der Waals surface area contributed by atoms with Gasteiger partial charge >= 0.3 is 5.97 Å². The Morgan fingerprint density at radius 2 is 2.13 bits per heavy atom. The summed E-state index contributed by atoms with van der Waals surface area (Å²) in [4.78, 5) is 12.6. The van der Waals surface area contributed by atoms with E-state index in [1.54, 1.807) is 4.90 Å². The van der Waals surface area contributed by atoms with Crippen LogP contribution >= 0.6 is 0 Å². The summed E-state index contributed by atoms with van der Waals surface area (Å²) < 4.78 is 13.5. The first-order chi connectivity index (χ1) is 7.09. The predicted molar refractivity (Wildman–Crippen MR) is 54.6 cm³/mol. The van der Waals surface area contributed by atoms with Gasteiger partial charge in [0.2, 0.25) is 0 Å². The lowest BCUT2D eigenvalue weighted by molar-refractivity contribution is 0.0698. The molecule has 1 aromatic carbocycles. The van der Waals surface area contributed by atoms with E-state index in [0.717, 1.165) is 25.6 Å². The minimum Gasteiger partial charge on any atom is -0.478 e. The molecule has 1 fully saturated rings. The molecular weight excluding hydrogens is 199 g/mol. The Morgan fingerprint density at radius 3 is 2.60 bits per heavy atom. The van der Waals surface area contributed by atoms with Crippen molar-refractivity contribution in [2.75, 3.05) is 23.7 Å². The van der Waals surface area contributed by atoms with Gasteiger partial charge in [-0.25, -0.2) is 9.18 Å². The smallest absolute Gasteiger partial charge is 0.337 e. The van der Waals surface area contributed by atoms with Gasteiger partial charge in [-0.15, -0.1) is 0 Å². The van der Waals surface area contributed by atoms with Gasteiger partial charge in [0.1, 0.15) is 5.82 Å². The third-order valence-electron chi connectivity index (χ3n) is 2.55. The highest BCUT2D eigenvalue weighted by Gasteiger charge is 2.21. The lowest BCUT2D eigenvalue weighted by atomic mass is 10.1. The fourth-order valence-electron chi connectivity index (χ4n) is 1.56. The van der Waals surface area contributed by atoms with Gasteiger partial charge in [-0.05, 0) is 18.6 Å². The van der Waals surface area contributed by atoms with Crippen molar-refractivity contribution >= 4 is 17.3 Å². The van der Waals surface area contributed by atoms with Crippen LogP contribution in [0.3, 0.4) is 0 Å². The molecule has 0 spiro atoms. The van der Waals surface area contributed by atoms with E-state index in [1.165, 1.54) is 6.07 Å². The molecule has 0 saturated carbocycles. The van der Waals surface area contributed by atoms with Crippen LogP contribution in [0.25, 0.3) is 0 Å². The highest BCUT2D eigenvalue weighted by atomic mass is 19.1. The number of hydrogen-bond acceptors (Lipinski definition) is 3. The second-order valence-electron chi connectivity index (χ2n) is 3.54. The molecule has 0 amide bonds. The quantitative estimate of drug-likeness (QED) is 0.722. The highest BCUT2D eigenvalue weighted by Crippen LogP contribution is 2.28. The summed E-state index contributed by atoms with van der Waals surface area (Å²) in [5, 5.41) is 8.83. The number of carboxylic acid groups (broad SMARTS) is 1. The molecule has 1 aromatic rings. The summed E-state index contributed by atoms with van der Waals surface area (Å²) in [6.45, 7) is 1.53. The van der Waals surface area contributed by atoms with Crippen LogP contribution in [0, 0.1) is 5.82 Å². The van der Waals surface area contributed by atoms with Crippen molar-refractivity contribution in [3.8, 4) is 0 Å². The van der Waals surface area contributed by atoms with Crippen LogP contribution in [-0.4, -0.2) is 24.2 Å². The average molecular weight is 210 g/mol. The number of nitrogen functional groups attached to an aromatic ring is 1. The molecule has 0 unspecified atom stereocenters. The van der Waals surface area contributed by atoms with Crippen LogP contribution < -0.4 is 10.6 Å². The predicted octanol–water partition coefficient (Wildman–Crippen LogP) is 1.32. The Morgan fingerprint density at radius 1 is 1.47 bits per heavy atom. The molecule has 15 heavy (non-hydrogen) atoms. The number of nitrogens with zero attached hydrogens (tertiary/aromatic N) is 1. The van der Waals surface area contributed by atoms with Crippen molar-refractivity contribution in [1.82, 2.24) is 0 Å². The third kappa shape index (κ3) is 1.60. The zero-order valence-corrected chi connectivity index (χ0v) is 8.03. The molecule has 0 radical (unpaired) electrons. The number of anilines is 2. The molecule has 80 valence electrons. The Hall–Kier alpha value is -1.78. The van der Waals surface area contributed by atoms with E-state index in [-0.39, 0.29) is 11.3 Å². The van der Waals surface area contributed by atoms with E-state index < -0.39 is 11.8 Å². The van der Waals surface area contributed by atoms with Crippen LogP contribution in [-0.2, 0) is 0 Å². The van der Waals surface area contributed by atoms with Gasteiger partial charge < -0.3 is 15.7 Å². The minimum absolute atomic E-state index is 0.0377. The first-order valence-electron chi connectivity index (χ1n) is 4.67. The SMILES string of the molecule is Nc1cc(F)c(N2CCC2)cc1C(=O)O. The first-order valence-corrected chi connectivity index (χ1v) is 4.67. The average Bonchev–Trinajstić information content (AvgIpc) is 2.05. The van der Waals surface area contributed by atoms with E-state index in [2.05, 4.69) is 0 Å². The summed E-state index contributed by atoms with van der Waals surface area (Å²) in [7, 11) is 0. The van der Waals surface area contributed by atoms with E-state index in [1.807, 2.05) is 0 Å². The van der Waals surface area contributed by atoms with E-state index in [4.69, 9.17) is 10.8 Å². The van der Waals surface area contributed by atoms with Gasteiger partial charge in [0, 0.05) is 18.8 Å². The van der Waals surface area contributed by atoms with Gasteiger partial charge in [0.15, 0.2) is 0 Å². The Kier molecular flexibility index (Phi) is 2.22. The summed E-state index contributed by atoms with van der Waals surface area (Å²) in [5.41, 5.74) is 5.66. The van der Waals surface area contributed by atoms with Gasteiger partial charge in [0.05, 0.1) is 11.3 Å². The number of carboxylic acids is 1. The topological polar surface area (TPSA) is 66.6 Å². The monoisotopic (exact) mass is 210 g/mol. The number of nitrogens with two attached hydrogens (primary N) is 1. The van der Waals surface area contributed by atoms with Gasteiger partial charge in [0.25, 0.3) is 0 Å². The normalized spacial score (nSPS) is 14.9. The first kappa shape index (κ1) is 9.76. The summed E-state index contributed by atoms with van der Waals surface area (Å²) in [5.74, 6) is -1.59. The fourth-order valence-corrected chi connectivity index (χ4v) is 1.56. The van der Waals surface area contributed by atoms with Crippen molar-refractivity contribution in [1.29, 1.82) is 0 Å². The van der Waals surface area contributed by atoms with Crippen molar-refractivity contribution in [2.24, 2.45) is 0 Å². The minimum atomic E-state index is -1.13.